The van der Waals surface area contributed by atoms with Gasteiger partial charge in [0.05, 0.1) is 0 Å². The quantitative estimate of drug-likeness (QED) is 0.803. The van der Waals surface area contributed by atoms with Gasteiger partial charge in [0, 0.05) is 24.8 Å². The zero-order valence-electron chi connectivity index (χ0n) is 9.43. The summed E-state index contributed by atoms with van der Waals surface area (Å²) in [5, 5.41) is 0. The Labute approximate surface area is 103 Å². The average molecular weight is 239 g/mol. The number of nitrogen functional groups attached to an aromatic ring is 1. The zero-order valence-corrected chi connectivity index (χ0v) is 10.2. The van der Waals surface area contributed by atoms with E-state index in [1.54, 1.807) is 0 Å². The van der Waals surface area contributed by atoms with Crippen molar-refractivity contribution in [3.63, 3.8) is 0 Å². The van der Waals surface area contributed by atoms with E-state index in [4.69, 9.17) is 5.73 Å². The summed E-state index contributed by atoms with van der Waals surface area (Å²) in [7, 11) is 0. The Morgan fingerprint density at radius 1 is 1.31 bits per heavy atom. The largest absolute Gasteiger partial charge is 0.399 e. The third-order valence-electron chi connectivity index (χ3n) is 3.86. The SMILES string of the molecule is Cl.Nc1cccc(CN2CC3CCC2C3)c1. The molecule has 2 N–H and O–H groups in total. The van der Waals surface area contributed by atoms with Crippen LogP contribution in [0.15, 0.2) is 24.3 Å². The number of nitrogens with two attached hydrogens (primary N) is 1. The molecule has 2 nitrogen and oxygen atoms in total. The van der Waals surface area contributed by atoms with Crippen LogP contribution in [0.25, 0.3) is 0 Å². The lowest BCUT2D eigenvalue weighted by Gasteiger charge is -2.26. The summed E-state index contributed by atoms with van der Waals surface area (Å²) in [5.41, 5.74) is 8.04. The Bertz CT molecular complexity index is 367. The molecule has 2 fully saturated rings. The van der Waals surface area contributed by atoms with Crippen LogP contribution in [0.3, 0.4) is 0 Å². The van der Waals surface area contributed by atoms with E-state index in [2.05, 4.69) is 23.1 Å². The maximum absolute atomic E-state index is 5.79. The summed E-state index contributed by atoms with van der Waals surface area (Å²) in [4.78, 5) is 2.63. The molecule has 1 heterocycles. The van der Waals surface area contributed by atoms with Gasteiger partial charge in [-0.3, -0.25) is 4.90 Å². The van der Waals surface area contributed by atoms with Crippen molar-refractivity contribution >= 4 is 18.1 Å². The summed E-state index contributed by atoms with van der Waals surface area (Å²) >= 11 is 0. The molecule has 2 aliphatic rings. The van der Waals surface area contributed by atoms with E-state index in [0.29, 0.717) is 0 Å². The molecule has 2 atom stereocenters. The third-order valence-corrected chi connectivity index (χ3v) is 3.86. The van der Waals surface area contributed by atoms with Crippen LogP contribution in [0.5, 0.6) is 0 Å². The molecule has 2 bridgehead atoms. The first-order chi connectivity index (χ1) is 7.31. The molecule has 0 amide bonds. The number of fused-ring (bicyclic) bond motifs is 2. The van der Waals surface area contributed by atoms with E-state index < -0.39 is 0 Å². The molecule has 1 aliphatic carbocycles. The summed E-state index contributed by atoms with van der Waals surface area (Å²) < 4.78 is 0. The van der Waals surface area contributed by atoms with Gasteiger partial charge in [-0.05, 0) is 42.9 Å². The Morgan fingerprint density at radius 3 is 2.81 bits per heavy atom. The standard InChI is InChI=1S/C13H18N2.ClH/c14-12-3-1-2-10(6-12)8-15-9-11-4-5-13(15)7-11;/h1-3,6,11,13H,4-5,7-9,14H2;1H. The zero-order chi connectivity index (χ0) is 10.3. The highest BCUT2D eigenvalue weighted by Gasteiger charge is 2.37. The average Bonchev–Trinajstić information content (AvgIpc) is 2.79. The van der Waals surface area contributed by atoms with Gasteiger partial charge in [-0.15, -0.1) is 12.4 Å². The number of benzene rings is 1. The van der Waals surface area contributed by atoms with Gasteiger partial charge in [-0.1, -0.05) is 12.1 Å². The maximum atomic E-state index is 5.79. The number of halogens is 1. The minimum Gasteiger partial charge on any atom is -0.399 e. The predicted molar refractivity (Wildman–Crippen MR) is 69.6 cm³/mol. The van der Waals surface area contributed by atoms with Crippen molar-refractivity contribution in [3.8, 4) is 0 Å². The van der Waals surface area contributed by atoms with Crippen LogP contribution in [-0.2, 0) is 6.54 Å². The Balaban J connectivity index is 0.000000963. The molecule has 88 valence electrons. The van der Waals surface area contributed by atoms with Crippen LogP contribution in [0, 0.1) is 5.92 Å². The van der Waals surface area contributed by atoms with Crippen LogP contribution < -0.4 is 5.73 Å². The first-order valence-electron chi connectivity index (χ1n) is 5.90. The molecule has 0 aromatic heterocycles. The molecule has 1 saturated heterocycles. The second-order valence-corrected chi connectivity index (χ2v) is 5.01. The normalized spacial score (nSPS) is 28.0. The van der Waals surface area contributed by atoms with Gasteiger partial charge in [0.25, 0.3) is 0 Å². The van der Waals surface area contributed by atoms with Gasteiger partial charge in [-0.2, -0.15) is 0 Å². The Kier molecular flexibility index (Phi) is 3.41. The molecule has 1 saturated carbocycles. The summed E-state index contributed by atoms with van der Waals surface area (Å²) in [6.07, 6.45) is 4.30. The van der Waals surface area contributed by atoms with Crippen molar-refractivity contribution in [1.29, 1.82) is 0 Å². The Hall–Kier alpha value is -0.730. The van der Waals surface area contributed by atoms with E-state index in [1.165, 1.54) is 31.4 Å². The molecule has 16 heavy (non-hydrogen) atoms. The fourth-order valence-corrected chi connectivity index (χ4v) is 3.15. The molecule has 2 unspecified atom stereocenters. The molecular weight excluding hydrogens is 220 g/mol. The lowest BCUT2D eigenvalue weighted by atomic mass is 10.1. The van der Waals surface area contributed by atoms with Crippen LogP contribution in [0.2, 0.25) is 0 Å². The maximum Gasteiger partial charge on any atom is 0.0317 e. The third kappa shape index (κ3) is 2.18. The minimum atomic E-state index is 0. The number of hydrogen-bond acceptors (Lipinski definition) is 2. The molecule has 1 aliphatic heterocycles. The smallest absolute Gasteiger partial charge is 0.0317 e. The highest BCUT2D eigenvalue weighted by molar-refractivity contribution is 5.85. The van der Waals surface area contributed by atoms with Crippen molar-refractivity contribution in [3.05, 3.63) is 29.8 Å². The molecule has 3 rings (SSSR count). The summed E-state index contributed by atoms with van der Waals surface area (Å²) in [6, 6.07) is 9.16. The summed E-state index contributed by atoms with van der Waals surface area (Å²) in [6.45, 7) is 2.39. The fraction of sp³-hybridized carbons (Fsp3) is 0.538. The minimum absolute atomic E-state index is 0. The first kappa shape index (κ1) is 11.7. The van der Waals surface area contributed by atoms with Gasteiger partial charge < -0.3 is 5.73 Å². The molecular formula is C13H19ClN2. The highest BCUT2D eigenvalue weighted by Crippen LogP contribution is 2.38. The van der Waals surface area contributed by atoms with E-state index in [1.807, 2.05) is 6.07 Å². The highest BCUT2D eigenvalue weighted by atomic mass is 35.5. The van der Waals surface area contributed by atoms with Gasteiger partial charge in [0.1, 0.15) is 0 Å². The predicted octanol–water partition coefficient (Wildman–Crippen LogP) is 2.67. The summed E-state index contributed by atoms with van der Waals surface area (Å²) in [5.74, 6) is 0.982. The van der Waals surface area contributed by atoms with Gasteiger partial charge in [0.2, 0.25) is 0 Å². The molecule has 1 aromatic carbocycles. The Morgan fingerprint density at radius 2 is 2.19 bits per heavy atom. The number of nitrogens with zero attached hydrogens (tertiary/aromatic N) is 1. The van der Waals surface area contributed by atoms with E-state index >= 15 is 0 Å². The second kappa shape index (κ2) is 4.64. The van der Waals surface area contributed by atoms with Gasteiger partial charge in [0.15, 0.2) is 0 Å². The first-order valence-corrected chi connectivity index (χ1v) is 5.90. The number of rotatable bonds is 2. The van der Waals surface area contributed by atoms with Gasteiger partial charge in [-0.25, -0.2) is 0 Å². The molecule has 3 heteroatoms. The number of piperidine rings is 1. The van der Waals surface area contributed by atoms with Crippen molar-refractivity contribution in [1.82, 2.24) is 4.90 Å². The fourth-order valence-electron chi connectivity index (χ4n) is 3.15. The number of likely N-dealkylation sites (tertiary alicyclic amines) is 1. The van der Waals surface area contributed by atoms with Crippen molar-refractivity contribution in [2.45, 2.75) is 31.8 Å². The molecule has 1 aromatic rings. The topological polar surface area (TPSA) is 29.3 Å². The van der Waals surface area contributed by atoms with Crippen LogP contribution in [-0.4, -0.2) is 17.5 Å². The van der Waals surface area contributed by atoms with E-state index in [-0.39, 0.29) is 12.4 Å². The lowest BCUT2D eigenvalue weighted by Crippen LogP contribution is -2.31. The van der Waals surface area contributed by atoms with E-state index in [0.717, 1.165) is 24.2 Å². The monoisotopic (exact) mass is 238 g/mol. The number of anilines is 1. The van der Waals surface area contributed by atoms with E-state index in [9.17, 15) is 0 Å². The van der Waals surface area contributed by atoms with Crippen LogP contribution in [0.1, 0.15) is 24.8 Å². The number of hydrogen-bond donors (Lipinski definition) is 1. The van der Waals surface area contributed by atoms with Crippen molar-refractivity contribution in [2.75, 3.05) is 12.3 Å². The molecule has 0 radical (unpaired) electrons. The lowest BCUT2D eigenvalue weighted by molar-refractivity contribution is 0.205. The van der Waals surface area contributed by atoms with Crippen LogP contribution >= 0.6 is 12.4 Å². The molecule has 0 spiro atoms. The second-order valence-electron chi connectivity index (χ2n) is 5.01. The van der Waals surface area contributed by atoms with Gasteiger partial charge >= 0.3 is 0 Å². The van der Waals surface area contributed by atoms with Crippen molar-refractivity contribution < 1.29 is 0 Å². The van der Waals surface area contributed by atoms with Crippen molar-refractivity contribution in [2.24, 2.45) is 5.92 Å². The van der Waals surface area contributed by atoms with Crippen LogP contribution in [0.4, 0.5) is 5.69 Å².